The first kappa shape index (κ1) is 19.3. The molecule has 0 spiro atoms. The number of H-pyrrole nitrogens is 1. The third kappa shape index (κ3) is 4.38. The Morgan fingerprint density at radius 3 is 2.26 bits per heavy atom. The van der Waals surface area contributed by atoms with Gasteiger partial charge in [0.1, 0.15) is 0 Å². The van der Waals surface area contributed by atoms with Crippen molar-refractivity contribution in [2.45, 2.75) is 50.3 Å². The maximum Gasteiger partial charge on any atom is 0.246 e. The highest BCUT2D eigenvalue weighted by Gasteiger charge is 2.46. The summed E-state index contributed by atoms with van der Waals surface area (Å²) >= 11 is 0. The Labute approximate surface area is 135 Å². The van der Waals surface area contributed by atoms with E-state index < -0.39 is 38.1 Å². The Morgan fingerprint density at radius 1 is 1.30 bits per heavy atom. The second-order valence-electron chi connectivity index (χ2n) is 5.66. The molecule has 0 aromatic carbocycles. The van der Waals surface area contributed by atoms with Gasteiger partial charge in [-0.05, 0) is 12.8 Å². The van der Waals surface area contributed by atoms with Crippen molar-refractivity contribution < 1.29 is 18.0 Å². The summed E-state index contributed by atoms with van der Waals surface area (Å²) < 4.78 is 25.3. The van der Waals surface area contributed by atoms with E-state index in [0.29, 0.717) is 25.7 Å². The van der Waals surface area contributed by atoms with E-state index in [-0.39, 0.29) is 5.56 Å². The number of sulfone groups is 1. The summed E-state index contributed by atoms with van der Waals surface area (Å²) in [6.07, 6.45) is 4.67. The molecule has 0 radical (unpaired) electrons. The number of nitrogens with one attached hydrogen (secondary N) is 1. The minimum absolute atomic E-state index is 0.0176. The molecule has 9 heteroatoms. The molecular formula is C14H24N4O4S. The number of carbonyl (C=O) groups is 2. The van der Waals surface area contributed by atoms with Gasteiger partial charge >= 0.3 is 0 Å². The molecule has 8 nitrogen and oxygen atoms in total. The fraction of sp³-hybridized carbons (Fsp3) is 0.643. The molecule has 1 rings (SSSR count). The smallest absolute Gasteiger partial charge is 0.246 e. The van der Waals surface area contributed by atoms with Crippen LogP contribution < -0.4 is 11.5 Å². The average molecular weight is 344 g/mol. The van der Waals surface area contributed by atoms with Gasteiger partial charge in [-0.2, -0.15) is 5.10 Å². The molecule has 1 aromatic heterocycles. The second kappa shape index (κ2) is 7.69. The average Bonchev–Trinajstić information content (AvgIpc) is 2.99. The number of aromatic nitrogens is 2. The van der Waals surface area contributed by atoms with E-state index in [1.807, 2.05) is 13.8 Å². The minimum atomic E-state index is -3.76. The number of nitrogens with two attached hydrogens (primary N) is 2. The van der Waals surface area contributed by atoms with E-state index in [0.717, 1.165) is 0 Å². The molecular weight excluding hydrogens is 320 g/mol. The number of ketones is 1. The molecule has 1 unspecified atom stereocenters. The summed E-state index contributed by atoms with van der Waals surface area (Å²) in [5, 5.41) is 5.38. The fourth-order valence-corrected chi connectivity index (χ4v) is 4.80. The van der Waals surface area contributed by atoms with E-state index in [9.17, 15) is 18.0 Å². The van der Waals surface area contributed by atoms with E-state index in [1.54, 1.807) is 0 Å². The van der Waals surface area contributed by atoms with Gasteiger partial charge in [-0.3, -0.25) is 14.7 Å². The predicted molar refractivity (Wildman–Crippen MR) is 86.4 cm³/mol. The quantitative estimate of drug-likeness (QED) is 0.406. The first-order valence-electron chi connectivity index (χ1n) is 7.53. The first-order valence-corrected chi connectivity index (χ1v) is 9.24. The summed E-state index contributed by atoms with van der Waals surface area (Å²) in [7, 11) is -3.76. The number of amides is 1. The van der Waals surface area contributed by atoms with Crippen LogP contribution in [0.1, 0.15) is 49.9 Å². The van der Waals surface area contributed by atoms with Crippen molar-refractivity contribution in [2.75, 3.05) is 5.75 Å². The van der Waals surface area contributed by atoms with Crippen LogP contribution in [0, 0.1) is 0 Å². The lowest BCUT2D eigenvalue weighted by atomic mass is 9.93. The van der Waals surface area contributed by atoms with Crippen molar-refractivity contribution in [3.05, 3.63) is 18.0 Å². The first-order chi connectivity index (χ1) is 10.7. The van der Waals surface area contributed by atoms with Crippen molar-refractivity contribution in [3.8, 4) is 0 Å². The highest BCUT2D eigenvalue weighted by atomic mass is 32.2. The molecule has 23 heavy (non-hydrogen) atoms. The molecule has 0 saturated carbocycles. The third-order valence-electron chi connectivity index (χ3n) is 3.76. The monoisotopic (exact) mass is 344 g/mol. The summed E-state index contributed by atoms with van der Waals surface area (Å²) in [4.78, 5) is 24.2. The van der Waals surface area contributed by atoms with Gasteiger partial charge in [0.05, 0.1) is 22.8 Å². The Hall–Kier alpha value is -1.74. The largest absolute Gasteiger partial charge is 0.368 e. The Balaban J connectivity index is 3.16. The number of rotatable bonds is 10. The highest BCUT2D eigenvalue weighted by Crippen LogP contribution is 2.21. The molecule has 0 aliphatic carbocycles. The Bertz CT molecular complexity index is 636. The maximum absolute atomic E-state index is 12.6. The predicted octanol–water partition coefficient (Wildman–Crippen LogP) is 0.159. The van der Waals surface area contributed by atoms with E-state index in [1.165, 1.54) is 12.4 Å². The van der Waals surface area contributed by atoms with E-state index >= 15 is 0 Å². The fourth-order valence-electron chi connectivity index (χ4n) is 2.46. The van der Waals surface area contributed by atoms with Crippen molar-refractivity contribution in [1.82, 2.24) is 10.2 Å². The van der Waals surface area contributed by atoms with Crippen LogP contribution in [-0.2, 0) is 14.6 Å². The number of hydrogen-bond acceptors (Lipinski definition) is 6. The summed E-state index contributed by atoms with van der Waals surface area (Å²) in [6, 6.07) is 0. The van der Waals surface area contributed by atoms with Gasteiger partial charge in [0.25, 0.3) is 0 Å². The number of primary amides is 1. The van der Waals surface area contributed by atoms with Gasteiger partial charge in [0, 0.05) is 6.20 Å². The van der Waals surface area contributed by atoms with Crippen molar-refractivity contribution >= 4 is 21.5 Å². The normalized spacial score (nSPS) is 14.6. The van der Waals surface area contributed by atoms with Crippen LogP contribution >= 0.6 is 0 Å². The van der Waals surface area contributed by atoms with E-state index in [2.05, 4.69) is 10.2 Å². The van der Waals surface area contributed by atoms with Gasteiger partial charge < -0.3 is 11.5 Å². The molecule has 1 atom stereocenters. The van der Waals surface area contributed by atoms with Gasteiger partial charge in [-0.15, -0.1) is 0 Å². The van der Waals surface area contributed by atoms with Crippen molar-refractivity contribution in [1.29, 1.82) is 0 Å². The lowest BCUT2D eigenvalue weighted by molar-refractivity contribution is -0.120. The van der Waals surface area contributed by atoms with Crippen LogP contribution in [0.5, 0.6) is 0 Å². The van der Waals surface area contributed by atoms with Crippen LogP contribution in [0.3, 0.4) is 0 Å². The number of Topliss-reactive ketones (excluding diaryl/α,β-unsaturated/α-hetero) is 1. The van der Waals surface area contributed by atoms with Gasteiger partial charge in [0.15, 0.2) is 21.2 Å². The molecule has 130 valence electrons. The third-order valence-corrected chi connectivity index (χ3v) is 6.11. The molecule has 0 fully saturated rings. The number of hydrogen-bond donors (Lipinski definition) is 3. The van der Waals surface area contributed by atoms with Crippen molar-refractivity contribution in [3.63, 3.8) is 0 Å². The number of carbonyl (C=O) groups excluding carboxylic acids is 2. The Kier molecular flexibility index (Phi) is 6.46. The molecule has 1 heterocycles. The minimum Gasteiger partial charge on any atom is -0.368 e. The van der Waals surface area contributed by atoms with Gasteiger partial charge in [-0.1, -0.05) is 26.7 Å². The van der Waals surface area contributed by atoms with Gasteiger partial charge in [-0.25, -0.2) is 8.42 Å². The lowest BCUT2D eigenvalue weighted by Gasteiger charge is -2.26. The van der Waals surface area contributed by atoms with Crippen molar-refractivity contribution in [2.24, 2.45) is 11.5 Å². The summed E-state index contributed by atoms with van der Waals surface area (Å²) in [6.45, 7) is 3.75. The van der Waals surface area contributed by atoms with Gasteiger partial charge in [0.2, 0.25) is 5.91 Å². The maximum atomic E-state index is 12.6. The topological polar surface area (TPSA) is 149 Å². The summed E-state index contributed by atoms with van der Waals surface area (Å²) in [5.41, 5.74) is 8.81. The van der Waals surface area contributed by atoms with Crippen LogP contribution in [0.25, 0.3) is 0 Å². The molecule has 1 aromatic rings. The molecule has 5 N–H and O–H groups in total. The van der Waals surface area contributed by atoms with Crippen LogP contribution in [0.4, 0.5) is 0 Å². The lowest BCUT2D eigenvalue weighted by Crippen LogP contribution is -2.63. The molecule has 0 saturated heterocycles. The molecule has 0 bridgehead atoms. The van der Waals surface area contributed by atoms with Crippen LogP contribution in [-0.4, -0.2) is 46.8 Å². The molecule has 1 amide bonds. The zero-order chi connectivity index (χ0) is 17.7. The van der Waals surface area contributed by atoms with Crippen LogP contribution in [0.15, 0.2) is 12.4 Å². The zero-order valence-corrected chi connectivity index (χ0v) is 14.2. The standard InChI is InChI=1S/C14H24N4O4S/c1-3-5-11(6-4-2)23(21,22)9-14(16,13(15)20)12(19)10-7-17-18-8-10/h7-8,11H,3-6,9,16H2,1-2H3,(H2,15,20)(H,17,18). The zero-order valence-electron chi connectivity index (χ0n) is 13.4. The number of aromatic amines is 1. The number of nitrogens with zero attached hydrogens (tertiary/aromatic N) is 1. The van der Waals surface area contributed by atoms with E-state index in [4.69, 9.17) is 11.5 Å². The van der Waals surface area contributed by atoms with Crippen LogP contribution in [0.2, 0.25) is 0 Å². The summed E-state index contributed by atoms with van der Waals surface area (Å²) in [5.74, 6) is -2.82. The molecule has 0 aliphatic heterocycles. The molecule has 0 aliphatic rings. The SMILES string of the molecule is CCCC(CCC)S(=O)(=O)CC(N)(C(N)=O)C(=O)c1cn[nH]c1. The highest BCUT2D eigenvalue weighted by molar-refractivity contribution is 7.92. The Morgan fingerprint density at radius 2 is 1.87 bits per heavy atom. The second-order valence-corrected chi connectivity index (χ2v) is 7.94.